The van der Waals surface area contributed by atoms with Crippen LogP contribution < -0.4 is 5.32 Å². The van der Waals surface area contributed by atoms with Gasteiger partial charge in [0.15, 0.2) is 0 Å². The number of aromatic nitrogens is 3. The third-order valence-electron chi connectivity index (χ3n) is 5.80. The Bertz CT molecular complexity index is 1480. The second-order valence-electron chi connectivity index (χ2n) is 8.33. The lowest BCUT2D eigenvalue weighted by atomic mass is 10.0. The van der Waals surface area contributed by atoms with Gasteiger partial charge in [0.05, 0.1) is 17.4 Å². The number of fused-ring (bicyclic) bond motifs is 1. The zero-order valence-corrected chi connectivity index (χ0v) is 18.8. The third kappa shape index (κ3) is 4.01. The van der Waals surface area contributed by atoms with Crippen LogP contribution in [0.25, 0.3) is 28.2 Å². The van der Waals surface area contributed by atoms with Gasteiger partial charge in [0.25, 0.3) is 5.91 Å². The van der Waals surface area contributed by atoms with Crippen LogP contribution >= 0.6 is 0 Å². The van der Waals surface area contributed by atoms with Gasteiger partial charge in [-0.1, -0.05) is 53.6 Å². The van der Waals surface area contributed by atoms with E-state index >= 15 is 0 Å². The number of carbonyl (C=O) groups is 1. The van der Waals surface area contributed by atoms with Crippen molar-refractivity contribution in [3.63, 3.8) is 0 Å². The molecule has 0 aliphatic rings. The summed E-state index contributed by atoms with van der Waals surface area (Å²) in [6.07, 6.45) is 5.53. The summed E-state index contributed by atoms with van der Waals surface area (Å²) in [4.78, 5) is 22.3. The SMILES string of the molecule is Cc1ccc(NC(=O)c2cc(-c3nccn4c(-c5cccc(C)c5)ncc34)ccc2C)cc1. The summed E-state index contributed by atoms with van der Waals surface area (Å²) in [5.41, 5.74) is 8.23. The summed E-state index contributed by atoms with van der Waals surface area (Å²) in [6, 6.07) is 21.9. The van der Waals surface area contributed by atoms with Crippen molar-refractivity contribution in [1.82, 2.24) is 14.4 Å². The molecule has 0 atom stereocenters. The van der Waals surface area contributed by atoms with Crippen molar-refractivity contribution in [2.75, 3.05) is 5.32 Å². The van der Waals surface area contributed by atoms with E-state index in [1.165, 1.54) is 5.56 Å². The van der Waals surface area contributed by atoms with Crippen molar-refractivity contribution in [1.29, 1.82) is 0 Å². The normalized spacial score (nSPS) is 11.0. The standard InChI is InChI=1S/C28H24N4O/c1-18-7-11-23(12-8-18)31-28(33)24-16-21(10-9-20(24)3)26-25-17-30-27(32(25)14-13-29-26)22-6-4-5-19(2)15-22/h4-17H,1-3H3,(H,31,33). The fraction of sp³-hybridized carbons (Fsp3) is 0.107. The van der Waals surface area contributed by atoms with E-state index in [-0.39, 0.29) is 5.91 Å². The quantitative estimate of drug-likeness (QED) is 0.366. The molecule has 0 radical (unpaired) electrons. The Kier molecular flexibility index (Phi) is 5.23. The molecule has 5 aromatic rings. The van der Waals surface area contributed by atoms with Gasteiger partial charge in [0, 0.05) is 34.8 Å². The molecule has 0 unspecified atom stereocenters. The van der Waals surface area contributed by atoms with Crippen LogP contribution in [0.3, 0.4) is 0 Å². The zero-order valence-electron chi connectivity index (χ0n) is 18.8. The average molecular weight is 433 g/mol. The van der Waals surface area contributed by atoms with Crippen LogP contribution in [0.2, 0.25) is 0 Å². The molecule has 0 spiro atoms. The van der Waals surface area contributed by atoms with Crippen LogP contribution in [0.15, 0.2) is 85.3 Å². The minimum Gasteiger partial charge on any atom is -0.322 e. The van der Waals surface area contributed by atoms with E-state index in [0.717, 1.165) is 45.0 Å². The minimum atomic E-state index is -0.140. The maximum absolute atomic E-state index is 13.0. The van der Waals surface area contributed by atoms with Crippen LogP contribution in [0.5, 0.6) is 0 Å². The zero-order chi connectivity index (χ0) is 22.9. The lowest BCUT2D eigenvalue weighted by Gasteiger charge is -2.11. The molecule has 0 aliphatic carbocycles. The number of hydrogen-bond donors (Lipinski definition) is 1. The maximum atomic E-state index is 13.0. The highest BCUT2D eigenvalue weighted by Gasteiger charge is 2.15. The molecule has 0 bridgehead atoms. The van der Waals surface area contributed by atoms with E-state index in [1.807, 2.05) is 79.2 Å². The van der Waals surface area contributed by atoms with E-state index in [4.69, 9.17) is 0 Å². The summed E-state index contributed by atoms with van der Waals surface area (Å²) in [5, 5.41) is 3.00. The number of nitrogens with one attached hydrogen (secondary N) is 1. The van der Waals surface area contributed by atoms with Crippen molar-refractivity contribution >= 4 is 17.1 Å². The van der Waals surface area contributed by atoms with Gasteiger partial charge in [-0.15, -0.1) is 0 Å². The number of anilines is 1. The molecule has 1 N–H and O–H groups in total. The summed E-state index contributed by atoms with van der Waals surface area (Å²) >= 11 is 0. The van der Waals surface area contributed by atoms with E-state index in [2.05, 4.69) is 40.4 Å². The number of hydrogen-bond acceptors (Lipinski definition) is 3. The number of imidazole rings is 1. The second-order valence-corrected chi connectivity index (χ2v) is 8.33. The first-order valence-electron chi connectivity index (χ1n) is 10.9. The molecular weight excluding hydrogens is 408 g/mol. The molecular formula is C28H24N4O. The van der Waals surface area contributed by atoms with Gasteiger partial charge >= 0.3 is 0 Å². The van der Waals surface area contributed by atoms with Crippen molar-refractivity contribution < 1.29 is 4.79 Å². The molecule has 33 heavy (non-hydrogen) atoms. The topological polar surface area (TPSA) is 59.3 Å². The fourth-order valence-electron chi connectivity index (χ4n) is 4.00. The molecule has 5 nitrogen and oxygen atoms in total. The van der Waals surface area contributed by atoms with Crippen LogP contribution in [0.4, 0.5) is 5.69 Å². The minimum absolute atomic E-state index is 0.140. The Labute approximate surface area is 192 Å². The average Bonchev–Trinajstić information content (AvgIpc) is 3.25. The Hall–Kier alpha value is -4.25. The molecule has 5 heteroatoms. The highest BCUT2D eigenvalue weighted by atomic mass is 16.1. The van der Waals surface area contributed by atoms with Gasteiger partial charge in [0.1, 0.15) is 5.82 Å². The number of rotatable bonds is 4. The predicted molar refractivity (Wildman–Crippen MR) is 132 cm³/mol. The highest BCUT2D eigenvalue weighted by Crippen LogP contribution is 2.28. The Morgan fingerprint density at radius 2 is 1.67 bits per heavy atom. The van der Waals surface area contributed by atoms with Gasteiger partial charge in [-0.2, -0.15) is 0 Å². The van der Waals surface area contributed by atoms with Crippen molar-refractivity contribution in [2.45, 2.75) is 20.8 Å². The number of amides is 1. The van der Waals surface area contributed by atoms with Crippen LogP contribution in [0, 0.1) is 20.8 Å². The van der Waals surface area contributed by atoms with Crippen LogP contribution in [0.1, 0.15) is 27.0 Å². The molecule has 0 saturated heterocycles. The first-order chi connectivity index (χ1) is 16.0. The highest BCUT2D eigenvalue weighted by molar-refractivity contribution is 6.06. The Morgan fingerprint density at radius 3 is 2.45 bits per heavy atom. The second kappa shape index (κ2) is 8.36. The van der Waals surface area contributed by atoms with Gasteiger partial charge in [-0.05, 0) is 50.6 Å². The lowest BCUT2D eigenvalue weighted by molar-refractivity contribution is 0.102. The van der Waals surface area contributed by atoms with Crippen LogP contribution in [-0.2, 0) is 0 Å². The van der Waals surface area contributed by atoms with Crippen molar-refractivity contribution in [2.24, 2.45) is 0 Å². The predicted octanol–water partition coefficient (Wildman–Crippen LogP) is 6.24. The van der Waals surface area contributed by atoms with Gasteiger partial charge in [-0.25, -0.2) is 4.98 Å². The lowest BCUT2D eigenvalue weighted by Crippen LogP contribution is -2.13. The Morgan fingerprint density at radius 1 is 0.848 bits per heavy atom. The van der Waals surface area contributed by atoms with E-state index < -0.39 is 0 Å². The fourth-order valence-corrected chi connectivity index (χ4v) is 4.00. The van der Waals surface area contributed by atoms with Gasteiger partial charge in [0.2, 0.25) is 0 Å². The summed E-state index contributed by atoms with van der Waals surface area (Å²) < 4.78 is 2.04. The Balaban J connectivity index is 1.54. The first kappa shape index (κ1) is 20.6. The van der Waals surface area contributed by atoms with Gasteiger partial charge in [-0.3, -0.25) is 14.2 Å². The summed E-state index contributed by atoms with van der Waals surface area (Å²) in [6.45, 7) is 6.03. The monoisotopic (exact) mass is 432 g/mol. The third-order valence-corrected chi connectivity index (χ3v) is 5.80. The number of benzene rings is 3. The smallest absolute Gasteiger partial charge is 0.255 e. The molecule has 0 fully saturated rings. The summed E-state index contributed by atoms with van der Waals surface area (Å²) in [7, 11) is 0. The molecule has 162 valence electrons. The maximum Gasteiger partial charge on any atom is 0.255 e. The van der Waals surface area contributed by atoms with Crippen LogP contribution in [-0.4, -0.2) is 20.3 Å². The number of aryl methyl sites for hydroxylation is 3. The van der Waals surface area contributed by atoms with E-state index in [9.17, 15) is 4.79 Å². The number of carbonyl (C=O) groups excluding carboxylic acids is 1. The molecule has 0 aliphatic heterocycles. The summed E-state index contributed by atoms with van der Waals surface area (Å²) in [5.74, 6) is 0.723. The van der Waals surface area contributed by atoms with E-state index in [1.54, 1.807) is 6.20 Å². The molecule has 0 saturated carbocycles. The van der Waals surface area contributed by atoms with Crippen molar-refractivity contribution in [3.05, 3.63) is 108 Å². The molecule has 5 rings (SSSR count). The molecule has 1 amide bonds. The first-order valence-corrected chi connectivity index (χ1v) is 10.9. The molecule has 3 aromatic carbocycles. The van der Waals surface area contributed by atoms with Gasteiger partial charge < -0.3 is 5.32 Å². The molecule has 2 heterocycles. The number of nitrogens with zero attached hydrogens (tertiary/aromatic N) is 3. The largest absolute Gasteiger partial charge is 0.322 e. The molecule has 2 aromatic heterocycles. The van der Waals surface area contributed by atoms with Crippen molar-refractivity contribution in [3.8, 4) is 22.6 Å². The van der Waals surface area contributed by atoms with E-state index in [0.29, 0.717) is 5.56 Å².